The fourth-order valence-corrected chi connectivity index (χ4v) is 2.12. The molecule has 0 saturated heterocycles. The normalized spacial score (nSPS) is 16.4. The number of para-hydroxylation sites is 1. The minimum atomic E-state index is 0.194. The van der Waals surface area contributed by atoms with Crippen LogP contribution in [0.5, 0.6) is 11.5 Å². The highest BCUT2D eigenvalue weighted by Gasteiger charge is 2.28. The summed E-state index contributed by atoms with van der Waals surface area (Å²) >= 11 is 0. The van der Waals surface area contributed by atoms with Crippen molar-refractivity contribution < 1.29 is 14.3 Å². The summed E-state index contributed by atoms with van der Waals surface area (Å²) < 4.78 is 10.8. The average molecular weight is 262 g/mol. The molecule has 1 aliphatic carbocycles. The maximum absolute atomic E-state index is 11.4. The van der Waals surface area contributed by atoms with Gasteiger partial charge in [0.15, 0.2) is 11.5 Å². The van der Waals surface area contributed by atoms with Gasteiger partial charge in [-0.1, -0.05) is 12.1 Å². The van der Waals surface area contributed by atoms with E-state index in [1.165, 1.54) is 0 Å². The van der Waals surface area contributed by atoms with E-state index in [-0.39, 0.29) is 11.8 Å². The standard InChI is InChI=1S/C14H18N2O3/c17-14(10-4-5-10)16-7-6-15-8-11-2-1-3-12-13(11)19-9-18-12/h1-3,10,15H,4-9H2,(H,16,17). The predicted molar refractivity (Wildman–Crippen MR) is 70.0 cm³/mol. The van der Waals surface area contributed by atoms with E-state index in [1.54, 1.807) is 0 Å². The van der Waals surface area contributed by atoms with Crippen molar-refractivity contribution in [2.24, 2.45) is 5.92 Å². The number of benzene rings is 1. The Kier molecular flexibility index (Phi) is 3.55. The quantitative estimate of drug-likeness (QED) is 0.752. The SMILES string of the molecule is O=C(NCCNCc1cccc2c1OCO2)C1CC1. The summed E-state index contributed by atoms with van der Waals surface area (Å²) in [7, 11) is 0. The molecule has 1 aromatic rings. The number of carbonyl (C=O) groups is 1. The second-order valence-electron chi connectivity index (χ2n) is 4.89. The van der Waals surface area contributed by atoms with Crippen molar-refractivity contribution in [2.75, 3.05) is 19.9 Å². The van der Waals surface area contributed by atoms with Gasteiger partial charge in [-0.15, -0.1) is 0 Å². The summed E-state index contributed by atoms with van der Waals surface area (Å²) in [5, 5.41) is 6.22. The van der Waals surface area contributed by atoms with Gasteiger partial charge in [-0.05, 0) is 18.9 Å². The highest BCUT2D eigenvalue weighted by Crippen LogP contribution is 2.35. The van der Waals surface area contributed by atoms with Crippen LogP contribution in [0.2, 0.25) is 0 Å². The fourth-order valence-electron chi connectivity index (χ4n) is 2.12. The predicted octanol–water partition coefficient (Wildman–Crippen LogP) is 1.03. The number of hydrogen-bond acceptors (Lipinski definition) is 4. The third-order valence-corrected chi connectivity index (χ3v) is 3.34. The van der Waals surface area contributed by atoms with Gasteiger partial charge in [0.2, 0.25) is 12.7 Å². The maximum atomic E-state index is 11.4. The Bertz CT molecular complexity index is 472. The Morgan fingerprint density at radius 1 is 1.26 bits per heavy atom. The summed E-state index contributed by atoms with van der Waals surface area (Å²) in [6, 6.07) is 5.88. The molecular weight excluding hydrogens is 244 g/mol. The molecule has 1 heterocycles. The Morgan fingerprint density at radius 3 is 3.00 bits per heavy atom. The Labute approximate surface area is 112 Å². The minimum Gasteiger partial charge on any atom is -0.454 e. The molecule has 1 amide bonds. The summed E-state index contributed by atoms with van der Waals surface area (Å²) in [6.07, 6.45) is 2.10. The van der Waals surface area contributed by atoms with E-state index in [2.05, 4.69) is 10.6 Å². The number of rotatable bonds is 6. The number of fused-ring (bicyclic) bond motifs is 1. The van der Waals surface area contributed by atoms with Gasteiger partial charge in [0, 0.05) is 31.1 Å². The van der Waals surface area contributed by atoms with Crippen LogP contribution in [-0.4, -0.2) is 25.8 Å². The lowest BCUT2D eigenvalue weighted by Crippen LogP contribution is -2.32. The van der Waals surface area contributed by atoms with Crippen LogP contribution >= 0.6 is 0 Å². The molecule has 1 aliphatic heterocycles. The fraction of sp³-hybridized carbons (Fsp3) is 0.500. The van der Waals surface area contributed by atoms with E-state index in [1.807, 2.05) is 18.2 Å². The lowest BCUT2D eigenvalue weighted by atomic mass is 10.2. The number of hydrogen-bond donors (Lipinski definition) is 2. The van der Waals surface area contributed by atoms with Crippen molar-refractivity contribution in [2.45, 2.75) is 19.4 Å². The average Bonchev–Trinajstić information content (AvgIpc) is 3.16. The van der Waals surface area contributed by atoms with Gasteiger partial charge in [-0.2, -0.15) is 0 Å². The third kappa shape index (κ3) is 2.98. The van der Waals surface area contributed by atoms with Gasteiger partial charge in [0.25, 0.3) is 0 Å². The van der Waals surface area contributed by atoms with Crippen molar-refractivity contribution in [3.63, 3.8) is 0 Å². The number of amides is 1. The molecule has 0 atom stereocenters. The molecule has 2 N–H and O–H groups in total. The lowest BCUT2D eigenvalue weighted by Gasteiger charge is -2.08. The van der Waals surface area contributed by atoms with E-state index in [9.17, 15) is 4.79 Å². The van der Waals surface area contributed by atoms with Crippen molar-refractivity contribution in [1.82, 2.24) is 10.6 Å². The maximum Gasteiger partial charge on any atom is 0.231 e. The molecule has 0 bridgehead atoms. The zero-order valence-electron chi connectivity index (χ0n) is 10.8. The van der Waals surface area contributed by atoms with Crippen LogP contribution in [0.1, 0.15) is 18.4 Å². The molecule has 0 aromatic heterocycles. The molecule has 5 nitrogen and oxygen atoms in total. The van der Waals surface area contributed by atoms with Crippen molar-refractivity contribution in [3.05, 3.63) is 23.8 Å². The van der Waals surface area contributed by atoms with E-state index in [0.29, 0.717) is 19.9 Å². The summed E-state index contributed by atoms with van der Waals surface area (Å²) in [5.74, 6) is 2.11. The van der Waals surface area contributed by atoms with Gasteiger partial charge >= 0.3 is 0 Å². The van der Waals surface area contributed by atoms with Crippen molar-refractivity contribution in [3.8, 4) is 11.5 Å². The van der Waals surface area contributed by atoms with Crippen molar-refractivity contribution >= 4 is 5.91 Å². The molecule has 0 unspecified atom stereocenters. The second kappa shape index (κ2) is 5.48. The van der Waals surface area contributed by atoms with Gasteiger partial charge in [-0.3, -0.25) is 4.79 Å². The van der Waals surface area contributed by atoms with Gasteiger partial charge in [0.05, 0.1) is 0 Å². The summed E-state index contributed by atoms with van der Waals surface area (Å²) in [4.78, 5) is 11.4. The van der Waals surface area contributed by atoms with Crippen LogP contribution in [0.15, 0.2) is 18.2 Å². The summed E-state index contributed by atoms with van der Waals surface area (Å²) in [5.41, 5.74) is 1.09. The monoisotopic (exact) mass is 262 g/mol. The van der Waals surface area contributed by atoms with E-state index < -0.39 is 0 Å². The van der Waals surface area contributed by atoms with Crippen LogP contribution < -0.4 is 20.1 Å². The molecule has 1 saturated carbocycles. The number of ether oxygens (including phenoxy) is 2. The van der Waals surface area contributed by atoms with Crippen LogP contribution in [0, 0.1) is 5.92 Å². The molecule has 102 valence electrons. The van der Waals surface area contributed by atoms with Crippen LogP contribution in [0.3, 0.4) is 0 Å². The Balaban J connectivity index is 1.40. The first-order valence-corrected chi connectivity index (χ1v) is 6.70. The smallest absolute Gasteiger partial charge is 0.231 e. The van der Waals surface area contributed by atoms with Crippen molar-refractivity contribution in [1.29, 1.82) is 0 Å². The van der Waals surface area contributed by atoms with Crippen LogP contribution in [0.4, 0.5) is 0 Å². The van der Waals surface area contributed by atoms with E-state index >= 15 is 0 Å². The molecular formula is C14H18N2O3. The largest absolute Gasteiger partial charge is 0.454 e. The molecule has 2 aliphatic rings. The van der Waals surface area contributed by atoms with Crippen LogP contribution in [-0.2, 0) is 11.3 Å². The van der Waals surface area contributed by atoms with Gasteiger partial charge in [-0.25, -0.2) is 0 Å². The molecule has 0 spiro atoms. The molecule has 3 rings (SSSR count). The zero-order chi connectivity index (χ0) is 13.1. The highest BCUT2D eigenvalue weighted by atomic mass is 16.7. The van der Waals surface area contributed by atoms with Gasteiger partial charge in [0.1, 0.15) is 0 Å². The van der Waals surface area contributed by atoms with Gasteiger partial charge < -0.3 is 20.1 Å². The lowest BCUT2D eigenvalue weighted by molar-refractivity contribution is -0.122. The molecule has 5 heteroatoms. The highest BCUT2D eigenvalue weighted by molar-refractivity contribution is 5.80. The minimum absolute atomic E-state index is 0.194. The topological polar surface area (TPSA) is 59.6 Å². The Hall–Kier alpha value is -1.75. The molecule has 1 aromatic carbocycles. The van der Waals surface area contributed by atoms with E-state index in [0.717, 1.165) is 36.4 Å². The number of nitrogens with one attached hydrogen (secondary N) is 2. The zero-order valence-corrected chi connectivity index (χ0v) is 10.8. The van der Waals surface area contributed by atoms with Crippen LogP contribution in [0.25, 0.3) is 0 Å². The first kappa shape index (κ1) is 12.3. The molecule has 1 fully saturated rings. The first-order valence-electron chi connectivity index (χ1n) is 6.70. The third-order valence-electron chi connectivity index (χ3n) is 3.34. The van der Waals surface area contributed by atoms with E-state index in [4.69, 9.17) is 9.47 Å². The molecule has 0 radical (unpaired) electrons. The second-order valence-corrected chi connectivity index (χ2v) is 4.89. The first-order chi connectivity index (χ1) is 9.34. The summed E-state index contributed by atoms with van der Waals surface area (Å²) in [6.45, 7) is 2.43. The Morgan fingerprint density at radius 2 is 2.16 bits per heavy atom. The molecule has 19 heavy (non-hydrogen) atoms. The number of carbonyl (C=O) groups excluding carboxylic acids is 1.